The first-order chi connectivity index (χ1) is 12.5. The predicted molar refractivity (Wildman–Crippen MR) is 96.4 cm³/mol. The van der Waals surface area contributed by atoms with E-state index in [9.17, 15) is 9.59 Å². The molecule has 3 atom stereocenters. The molecule has 1 aromatic heterocycles. The molecular weight excluding hydrogens is 334 g/mol. The van der Waals surface area contributed by atoms with E-state index in [0.717, 1.165) is 11.1 Å². The lowest BCUT2D eigenvalue weighted by atomic mass is 10.1. The molecule has 0 fully saturated rings. The van der Waals surface area contributed by atoms with E-state index in [2.05, 4.69) is 15.3 Å². The summed E-state index contributed by atoms with van der Waals surface area (Å²) in [6.45, 7) is 3.69. The molecule has 0 saturated heterocycles. The van der Waals surface area contributed by atoms with Gasteiger partial charge in [0.15, 0.2) is 11.5 Å². The molecule has 0 spiro atoms. The average Bonchev–Trinajstić information content (AvgIpc) is 3.00. The summed E-state index contributed by atoms with van der Waals surface area (Å²) in [7, 11) is 0. The molecule has 7 nitrogen and oxygen atoms in total. The number of imidazole rings is 1. The van der Waals surface area contributed by atoms with Crippen molar-refractivity contribution in [2.24, 2.45) is 0 Å². The maximum atomic E-state index is 12.7. The van der Waals surface area contributed by atoms with Crippen LogP contribution >= 0.6 is 0 Å². The SMILES string of the molecule is C[C@H](NC(=O)[C@H]1Oc2ccccc2O[C@@H]1C)c1ccc2[nH]c(=O)[nH]c2c1. The topological polar surface area (TPSA) is 96.2 Å². The van der Waals surface area contributed by atoms with E-state index in [1.54, 1.807) is 13.0 Å². The molecule has 0 saturated carbocycles. The smallest absolute Gasteiger partial charge is 0.323 e. The van der Waals surface area contributed by atoms with E-state index in [4.69, 9.17) is 9.47 Å². The van der Waals surface area contributed by atoms with E-state index in [1.807, 2.05) is 43.3 Å². The van der Waals surface area contributed by atoms with Gasteiger partial charge in [-0.1, -0.05) is 18.2 Å². The van der Waals surface area contributed by atoms with Crippen LogP contribution < -0.4 is 20.5 Å². The zero-order valence-electron chi connectivity index (χ0n) is 14.4. The summed E-state index contributed by atoms with van der Waals surface area (Å²) in [5, 5.41) is 2.95. The Balaban J connectivity index is 1.50. The summed E-state index contributed by atoms with van der Waals surface area (Å²) in [6.07, 6.45) is -1.14. The first kappa shape index (κ1) is 16.3. The van der Waals surface area contributed by atoms with Gasteiger partial charge in [-0.15, -0.1) is 0 Å². The molecule has 1 amide bonds. The van der Waals surface area contributed by atoms with Crippen molar-refractivity contribution < 1.29 is 14.3 Å². The lowest BCUT2D eigenvalue weighted by Crippen LogP contribution is -2.49. The highest BCUT2D eigenvalue weighted by atomic mass is 16.6. The maximum Gasteiger partial charge on any atom is 0.323 e. The molecule has 3 aromatic rings. The Bertz CT molecular complexity index is 1020. The summed E-state index contributed by atoms with van der Waals surface area (Å²) in [6, 6.07) is 12.6. The van der Waals surface area contributed by atoms with Crippen molar-refractivity contribution >= 4 is 16.9 Å². The normalized spacial score (nSPS) is 19.9. The molecule has 0 radical (unpaired) electrons. The number of hydrogen-bond acceptors (Lipinski definition) is 4. The highest BCUT2D eigenvalue weighted by Crippen LogP contribution is 2.33. The summed E-state index contributed by atoms with van der Waals surface area (Å²) in [5.41, 5.74) is 2.06. The third-order valence-electron chi connectivity index (χ3n) is 4.50. The van der Waals surface area contributed by atoms with Crippen molar-refractivity contribution in [2.75, 3.05) is 0 Å². The first-order valence-electron chi connectivity index (χ1n) is 8.46. The predicted octanol–water partition coefficient (Wildman–Crippen LogP) is 2.26. The monoisotopic (exact) mass is 353 g/mol. The fraction of sp³-hybridized carbons (Fsp3) is 0.263. The highest BCUT2D eigenvalue weighted by molar-refractivity contribution is 5.83. The summed E-state index contributed by atoms with van der Waals surface area (Å²) in [5.74, 6) is 0.950. The van der Waals surface area contributed by atoms with Crippen LogP contribution in [-0.2, 0) is 4.79 Å². The second-order valence-electron chi connectivity index (χ2n) is 6.42. The van der Waals surface area contributed by atoms with Gasteiger partial charge in [0.2, 0.25) is 6.10 Å². The van der Waals surface area contributed by atoms with Crippen LogP contribution in [0.3, 0.4) is 0 Å². The number of nitrogens with one attached hydrogen (secondary N) is 3. The molecule has 7 heteroatoms. The van der Waals surface area contributed by atoms with Crippen LogP contribution in [0.5, 0.6) is 11.5 Å². The molecular formula is C19H19N3O4. The molecule has 4 rings (SSSR count). The number of H-pyrrole nitrogens is 2. The Morgan fingerprint density at radius 2 is 1.77 bits per heavy atom. The van der Waals surface area contributed by atoms with E-state index in [-0.39, 0.29) is 17.6 Å². The first-order valence-corrected chi connectivity index (χ1v) is 8.46. The largest absolute Gasteiger partial charge is 0.482 e. The molecule has 26 heavy (non-hydrogen) atoms. The average molecular weight is 353 g/mol. The van der Waals surface area contributed by atoms with Gasteiger partial charge >= 0.3 is 5.69 Å². The Kier molecular flexibility index (Phi) is 3.91. The summed E-state index contributed by atoms with van der Waals surface area (Å²) < 4.78 is 11.6. The number of aromatic nitrogens is 2. The van der Waals surface area contributed by atoms with E-state index < -0.39 is 12.2 Å². The van der Waals surface area contributed by atoms with Crippen LogP contribution in [0.15, 0.2) is 47.3 Å². The Labute approximate surface area is 149 Å². The summed E-state index contributed by atoms with van der Waals surface area (Å²) in [4.78, 5) is 29.5. The molecule has 1 aliphatic heterocycles. The van der Waals surface area contributed by atoms with E-state index >= 15 is 0 Å². The van der Waals surface area contributed by atoms with Gasteiger partial charge in [0.25, 0.3) is 5.91 Å². The third-order valence-corrected chi connectivity index (χ3v) is 4.50. The van der Waals surface area contributed by atoms with Crippen molar-refractivity contribution in [1.82, 2.24) is 15.3 Å². The fourth-order valence-corrected chi connectivity index (χ4v) is 3.10. The lowest BCUT2D eigenvalue weighted by Gasteiger charge is -2.31. The number of amides is 1. The number of fused-ring (bicyclic) bond motifs is 2. The van der Waals surface area contributed by atoms with Gasteiger partial charge in [0.1, 0.15) is 6.10 Å². The molecule has 0 unspecified atom stereocenters. The van der Waals surface area contributed by atoms with Crippen LogP contribution in [0.1, 0.15) is 25.5 Å². The molecule has 2 aromatic carbocycles. The number of ether oxygens (including phenoxy) is 2. The Morgan fingerprint density at radius 1 is 1.08 bits per heavy atom. The highest BCUT2D eigenvalue weighted by Gasteiger charge is 2.34. The number of carbonyl (C=O) groups is 1. The van der Waals surface area contributed by atoms with Crippen LogP contribution in [0.25, 0.3) is 11.0 Å². The fourth-order valence-electron chi connectivity index (χ4n) is 3.10. The van der Waals surface area contributed by atoms with Crippen molar-refractivity contribution in [3.05, 3.63) is 58.5 Å². The lowest BCUT2D eigenvalue weighted by molar-refractivity contribution is -0.134. The van der Waals surface area contributed by atoms with Crippen LogP contribution in [0.4, 0.5) is 0 Å². The van der Waals surface area contributed by atoms with Crippen LogP contribution in [0.2, 0.25) is 0 Å². The standard InChI is InChI=1S/C19H19N3O4/c1-10(12-7-8-13-14(9-12)22-19(24)21-13)20-18(23)17-11(2)25-15-5-3-4-6-16(15)26-17/h3-11,17H,1-2H3,(H,20,23)(H2,21,22,24)/t10-,11+,17-/m0/s1. The van der Waals surface area contributed by atoms with Gasteiger partial charge in [-0.25, -0.2) is 4.79 Å². The second-order valence-corrected chi connectivity index (χ2v) is 6.42. The number of rotatable bonds is 3. The van der Waals surface area contributed by atoms with Gasteiger partial charge in [-0.2, -0.15) is 0 Å². The van der Waals surface area contributed by atoms with Crippen molar-refractivity contribution in [3.63, 3.8) is 0 Å². The Hall–Kier alpha value is -3.22. The Morgan fingerprint density at radius 3 is 2.54 bits per heavy atom. The molecule has 2 heterocycles. The molecule has 1 aliphatic rings. The van der Waals surface area contributed by atoms with Gasteiger partial charge in [0.05, 0.1) is 17.1 Å². The molecule has 134 valence electrons. The van der Waals surface area contributed by atoms with Gasteiger partial charge in [0, 0.05) is 0 Å². The van der Waals surface area contributed by atoms with Crippen LogP contribution in [0, 0.1) is 0 Å². The number of hydrogen-bond donors (Lipinski definition) is 3. The van der Waals surface area contributed by atoms with Crippen LogP contribution in [-0.4, -0.2) is 28.1 Å². The zero-order chi connectivity index (χ0) is 18.3. The molecule has 0 bridgehead atoms. The van der Waals surface area contributed by atoms with Gasteiger partial charge in [-0.05, 0) is 43.7 Å². The van der Waals surface area contributed by atoms with E-state index in [1.165, 1.54) is 0 Å². The van der Waals surface area contributed by atoms with Gasteiger partial charge in [-0.3, -0.25) is 4.79 Å². The molecule has 3 N–H and O–H groups in total. The third kappa shape index (κ3) is 2.92. The van der Waals surface area contributed by atoms with E-state index in [0.29, 0.717) is 17.0 Å². The van der Waals surface area contributed by atoms with Crippen molar-refractivity contribution in [1.29, 1.82) is 0 Å². The number of aromatic amines is 2. The number of carbonyl (C=O) groups excluding carboxylic acids is 1. The molecule has 0 aliphatic carbocycles. The number of para-hydroxylation sites is 2. The van der Waals surface area contributed by atoms with Crippen molar-refractivity contribution in [3.8, 4) is 11.5 Å². The van der Waals surface area contributed by atoms with Crippen molar-refractivity contribution in [2.45, 2.75) is 32.1 Å². The minimum Gasteiger partial charge on any atom is -0.482 e. The minimum atomic E-state index is -0.733. The quantitative estimate of drug-likeness (QED) is 0.673. The summed E-state index contributed by atoms with van der Waals surface area (Å²) >= 11 is 0. The minimum absolute atomic E-state index is 0.248. The maximum absolute atomic E-state index is 12.7. The number of benzene rings is 2. The van der Waals surface area contributed by atoms with Gasteiger partial charge < -0.3 is 24.8 Å². The zero-order valence-corrected chi connectivity index (χ0v) is 14.4. The second kappa shape index (κ2) is 6.25.